The zero-order valence-electron chi connectivity index (χ0n) is 11.7. The van der Waals surface area contributed by atoms with Crippen molar-refractivity contribution in [3.05, 3.63) is 12.2 Å². The number of alkyl halides is 12. The van der Waals surface area contributed by atoms with Gasteiger partial charge in [-0.15, -0.1) is 0 Å². The number of hydrogen-bond acceptors (Lipinski definition) is 3. The molecule has 150 valence electrons. The van der Waals surface area contributed by atoms with Gasteiger partial charge in [-0.25, -0.2) is 4.79 Å². The molecule has 25 heavy (non-hydrogen) atoms. The van der Waals surface area contributed by atoms with E-state index >= 15 is 0 Å². The highest BCUT2D eigenvalue weighted by atomic mass is 19.4. The summed E-state index contributed by atoms with van der Waals surface area (Å²) in [5, 5.41) is 7.47. The van der Waals surface area contributed by atoms with Crippen LogP contribution >= 0.6 is 0 Å². The van der Waals surface area contributed by atoms with Crippen LogP contribution in [-0.4, -0.2) is 48.0 Å². The number of esters is 1. The molecular formula is C10H8F12O3. The van der Waals surface area contributed by atoms with E-state index in [2.05, 4.69) is 11.3 Å². The van der Waals surface area contributed by atoms with Crippen LogP contribution < -0.4 is 0 Å². The Labute approximate surface area is 130 Å². The van der Waals surface area contributed by atoms with E-state index in [1.165, 1.54) is 0 Å². The number of hydrogen-bond donors (Lipinski definition) is 1. The Bertz CT molecular complexity index is 428. The predicted molar refractivity (Wildman–Crippen MR) is 54.9 cm³/mol. The average molecular weight is 404 g/mol. The Kier molecular flexibility index (Phi) is 8.32. The van der Waals surface area contributed by atoms with E-state index in [0.29, 0.717) is 0 Å². The fourth-order valence-corrected chi connectivity index (χ4v) is 0.712. The first-order valence-electron chi connectivity index (χ1n) is 5.43. The Morgan fingerprint density at radius 3 is 1.20 bits per heavy atom. The van der Waals surface area contributed by atoms with Crippen LogP contribution in [0.5, 0.6) is 0 Å². The highest BCUT2D eigenvalue weighted by Crippen LogP contribution is 2.36. The fourth-order valence-electron chi connectivity index (χ4n) is 0.712. The lowest BCUT2D eigenvalue weighted by Gasteiger charge is -2.22. The number of aliphatic hydroxyl groups excluding tert-OH is 1. The summed E-state index contributed by atoms with van der Waals surface area (Å²) in [7, 11) is 0. The van der Waals surface area contributed by atoms with Crippen molar-refractivity contribution in [3.63, 3.8) is 0 Å². The van der Waals surface area contributed by atoms with Crippen molar-refractivity contribution in [3.8, 4) is 0 Å². The monoisotopic (exact) mass is 404 g/mol. The molecule has 0 rings (SSSR count). The first-order chi connectivity index (χ1) is 10.6. The number of halogens is 12. The lowest BCUT2D eigenvalue weighted by atomic mass is 10.3. The Balaban J connectivity index is 0. The summed E-state index contributed by atoms with van der Waals surface area (Å²) in [6.45, 7) is 3.80. The Hall–Kier alpha value is -1.67. The second kappa shape index (κ2) is 8.14. The summed E-state index contributed by atoms with van der Waals surface area (Å²) >= 11 is 0. The summed E-state index contributed by atoms with van der Waals surface area (Å²) in [5.41, 5.74) is -0.548. The molecule has 0 atom stereocenters. The molecule has 1 N–H and O–H groups in total. The maximum atomic E-state index is 11.8. The summed E-state index contributed by atoms with van der Waals surface area (Å²) in [5.74, 6) is -1.74. The van der Waals surface area contributed by atoms with Gasteiger partial charge in [-0.1, -0.05) is 6.58 Å². The first-order valence-corrected chi connectivity index (χ1v) is 5.43. The van der Waals surface area contributed by atoms with Gasteiger partial charge in [-0.3, -0.25) is 0 Å². The third-order valence-electron chi connectivity index (χ3n) is 1.79. The SMILES string of the molecule is C=C(C)C(=O)OC(C(F)(F)F)C(F)(F)F.OC(C(F)(F)F)C(F)(F)F. The smallest absolute Gasteiger partial charge is 0.434 e. The van der Waals surface area contributed by atoms with Gasteiger partial charge in [-0.05, 0) is 6.92 Å². The second-order valence-corrected chi connectivity index (χ2v) is 4.13. The molecule has 0 radical (unpaired) electrons. The summed E-state index contributed by atoms with van der Waals surface area (Å²) in [4.78, 5) is 10.5. The lowest BCUT2D eigenvalue weighted by molar-refractivity contribution is -0.312. The van der Waals surface area contributed by atoms with Crippen LogP contribution in [0.15, 0.2) is 12.2 Å². The molecular weight excluding hydrogens is 396 g/mol. The maximum absolute atomic E-state index is 11.8. The van der Waals surface area contributed by atoms with Gasteiger partial charge in [0.25, 0.3) is 6.10 Å². The largest absolute Gasteiger partial charge is 0.439 e. The average Bonchev–Trinajstić information content (AvgIpc) is 2.30. The minimum absolute atomic E-state index is 0.548. The van der Waals surface area contributed by atoms with Gasteiger partial charge in [0.05, 0.1) is 0 Å². The number of ether oxygens (including phenoxy) is 1. The molecule has 0 amide bonds. The lowest BCUT2D eigenvalue weighted by Crippen LogP contribution is -2.45. The number of carbonyl (C=O) groups excluding carboxylic acids is 1. The molecule has 0 heterocycles. The molecule has 0 aliphatic rings. The van der Waals surface area contributed by atoms with Gasteiger partial charge >= 0.3 is 30.7 Å². The van der Waals surface area contributed by atoms with E-state index in [-0.39, 0.29) is 0 Å². The summed E-state index contributed by atoms with van der Waals surface area (Å²) in [6, 6.07) is 0. The fraction of sp³-hybridized carbons (Fsp3) is 0.700. The molecule has 0 spiro atoms. The van der Waals surface area contributed by atoms with E-state index in [4.69, 9.17) is 5.11 Å². The van der Waals surface area contributed by atoms with Crippen molar-refractivity contribution in [1.29, 1.82) is 0 Å². The van der Waals surface area contributed by atoms with Gasteiger partial charge in [0.1, 0.15) is 0 Å². The standard InChI is InChI=1S/C7H6F6O2.C3H2F6O/c1-3(2)4(14)15-5(6(8,9)10)7(11,12)13;4-2(5,6)1(10)3(7,8)9/h5H,1H2,2H3;1,10H. The van der Waals surface area contributed by atoms with Crippen molar-refractivity contribution in [2.45, 2.75) is 43.8 Å². The summed E-state index contributed by atoms with van der Waals surface area (Å²) in [6.07, 6.45) is -31.0. The van der Waals surface area contributed by atoms with Crippen LogP contribution in [0.4, 0.5) is 52.7 Å². The molecule has 0 saturated heterocycles. The van der Waals surface area contributed by atoms with Crippen LogP contribution in [0.25, 0.3) is 0 Å². The van der Waals surface area contributed by atoms with Crippen molar-refractivity contribution in [2.75, 3.05) is 0 Å². The van der Waals surface area contributed by atoms with Crippen LogP contribution in [-0.2, 0) is 9.53 Å². The number of aliphatic hydroxyl groups is 1. The van der Waals surface area contributed by atoms with Gasteiger partial charge in [0.15, 0.2) is 0 Å². The second-order valence-electron chi connectivity index (χ2n) is 4.13. The van der Waals surface area contributed by atoms with Crippen LogP contribution in [0.3, 0.4) is 0 Å². The highest BCUT2D eigenvalue weighted by molar-refractivity contribution is 5.87. The van der Waals surface area contributed by atoms with Crippen molar-refractivity contribution >= 4 is 5.97 Å². The van der Waals surface area contributed by atoms with E-state index in [1.807, 2.05) is 0 Å². The van der Waals surface area contributed by atoms with Gasteiger partial charge in [-0.2, -0.15) is 52.7 Å². The van der Waals surface area contributed by atoms with E-state index in [1.54, 1.807) is 0 Å². The molecule has 0 aliphatic heterocycles. The van der Waals surface area contributed by atoms with E-state index < -0.39 is 48.5 Å². The van der Waals surface area contributed by atoms with E-state index in [9.17, 15) is 57.5 Å². The molecule has 3 nitrogen and oxygen atoms in total. The number of carbonyl (C=O) groups is 1. The van der Waals surface area contributed by atoms with Gasteiger partial charge in [0, 0.05) is 5.57 Å². The van der Waals surface area contributed by atoms with Crippen LogP contribution in [0.1, 0.15) is 6.92 Å². The quantitative estimate of drug-likeness (QED) is 0.429. The molecule has 0 saturated carbocycles. The maximum Gasteiger partial charge on any atom is 0.434 e. The molecule has 0 aromatic heterocycles. The predicted octanol–water partition coefficient (Wildman–Crippen LogP) is 4.07. The Morgan fingerprint density at radius 1 is 0.800 bits per heavy atom. The Morgan fingerprint density at radius 2 is 1.08 bits per heavy atom. The highest BCUT2D eigenvalue weighted by Gasteiger charge is 2.60. The first kappa shape index (κ1) is 25.6. The number of rotatable bonds is 2. The van der Waals surface area contributed by atoms with Crippen LogP contribution in [0, 0.1) is 0 Å². The molecule has 0 aliphatic carbocycles. The van der Waals surface area contributed by atoms with Crippen molar-refractivity contribution in [2.24, 2.45) is 0 Å². The molecule has 0 bridgehead atoms. The van der Waals surface area contributed by atoms with Gasteiger partial charge < -0.3 is 9.84 Å². The topological polar surface area (TPSA) is 46.5 Å². The zero-order chi connectivity index (χ0) is 21.0. The molecule has 0 fully saturated rings. The minimum atomic E-state index is -5.69. The third-order valence-corrected chi connectivity index (χ3v) is 1.79. The van der Waals surface area contributed by atoms with Crippen molar-refractivity contribution < 1.29 is 67.3 Å². The molecule has 15 heteroatoms. The van der Waals surface area contributed by atoms with E-state index in [0.717, 1.165) is 6.92 Å². The molecule has 0 unspecified atom stereocenters. The minimum Gasteiger partial charge on any atom is -0.439 e. The van der Waals surface area contributed by atoms with Crippen molar-refractivity contribution in [1.82, 2.24) is 0 Å². The summed E-state index contributed by atoms with van der Waals surface area (Å²) < 4.78 is 140. The molecule has 0 aromatic rings. The zero-order valence-corrected chi connectivity index (χ0v) is 11.7. The molecule has 0 aromatic carbocycles. The van der Waals surface area contributed by atoms with Crippen LogP contribution in [0.2, 0.25) is 0 Å². The van der Waals surface area contributed by atoms with Gasteiger partial charge in [0.2, 0.25) is 6.10 Å². The normalized spacial score (nSPS) is 13.4. The third kappa shape index (κ3) is 10.0.